The Morgan fingerprint density at radius 3 is 2.42 bits per heavy atom. The van der Waals surface area contributed by atoms with Crippen molar-refractivity contribution in [1.82, 2.24) is 25.1 Å². The Bertz CT molecular complexity index is 1460. The minimum absolute atomic E-state index is 0.133. The fourth-order valence-corrected chi connectivity index (χ4v) is 7.21. The molecule has 6 rings (SSSR count). The highest BCUT2D eigenvalue weighted by molar-refractivity contribution is 5.68. The molecule has 3 aliphatic rings. The van der Waals surface area contributed by atoms with Gasteiger partial charge in [0.15, 0.2) is 0 Å². The Balaban J connectivity index is 1.31. The average Bonchev–Trinajstić information content (AvgIpc) is 3.29. The summed E-state index contributed by atoms with van der Waals surface area (Å²) in [5.74, 6) is -0.216. The largest absolute Gasteiger partial charge is 0.444 e. The average molecular weight is 548 g/mol. The van der Waals surface area contributed by atoms with E-state index in [4.69, 9.17) is 9.72 Å². The van der Waals surface area contributed by atoms with Gasteiger partial charge in [-0.25, -0.2) is 23.5 Å². The van der Waals surface area contributed by atoms with Gasteiger partial charge in [-0.15, -0.1) is 5.10 Å². The number of carbonyl (C=O) groups is 1. The molecule has 1 saturated carbocycles. The molecule has 1 aliphatic heterocycles. The summed E-state index contributed by atoms with van der Waals surface area (Å²) in [6.45, 7) is 11.3. The molecule has 9 heteroatoms. The van der Waals surface area contributed by atoms with Crippen molar-refractivity contribution in [3.63, 3.8) is 0 Å². The van der Waals surface area contributed by atoms with Crippen LogP contribution in [0.4, 0.5) is 13.6 Å². The molecule has 2 aromatic heterocycles. The van der Waals surface area contributed by atoms with Crippen molar-refractivity contribution in [2.45, 2.75) is 83.2 Å². The van der Waals surface area contributed by atoms with Gasteiger partial charge in [0.25, 0.3) is 0 Å². The number of nitrogens with zero attached hydrogens (tertiary/aromatic N) is 5. The summed E-state index contributed by atoms with van der Waals surface area (Å²) >= 11 is 0. The number of amides is 1. The van der Waals surface area contributed by atoms with Crippen molar-refractivity contribution in [2.24, 2.45) is 5.41 Å². The van der Waals surface area contributed by atoms with Gasteiger partial charge in [0, 0.05) is 25.2 Å². The van der Waals surface area contributed by atoms with Crippen molar-refractivity contribution in [1.29, 1.82) is 0 Å². The Hall–Kier alpha value is -3.49. The van der Waals surface area contributed by atoms with Crippen molar-refractivity contribution < 1.29 is 18.3 Å². The first-order chi connectivity index (χ1) is 18.9. The van der Waals surface area contributed by atoms with Crippen LogP contribution < -0.4 is 0 Å². The maximum atomic E-state index is 14.6. The van der Waals surface area contributed by atoms with Crippen LogP contribution in [0.1, 0.15) is 94.9 Å². The van der Waals surface area contributed by atoms with Crippen molar-refractivity contribution >= 4 is 6.09 Å². The van der Waals surface area contributed by atoms with Crippen LogP contribution in [0.5, 0.6) is 0 Å². The number of hydrogen-bond donors (Lipinski definition) is 0. The normalized spacial score (nSPS) is 23.8. The molecule has 0 N–H and O–H groups in total. The summed E-state index contributed by atoms with van der Waals surface area (Å²) in [5.41, 5.74) is 1.61. The van der Waals surface area contributed by atoms with E-state index in [9.17, 15) is 13.6 Å². The highest BCUT2D eigenvalue weighted by Gasteiger charge is 2.65. The number of piperidine rings is 1. The van der Waals surface area contributed by atoms with Gasteiger partial charge in [0.2, 0.25) is 0 Å². The predicted octanol–water partition coefficient (Wildman–Crippen LogP) is 6.53. The minimum Gasteiger partial charge on any atom is -0.444 e. The van der Waals surface area contributed by atoms with Gasteiger partial charge in [-0.1, -0.05) is 19.9 Å². The lowest BCUT2D eigenvalue weighted by molar-refractivity contribution is 0.0203. The second kappa shape index (κ2) is 9.28. The molecule has 1 amide bonds. The number of fused-ring (bicyclic) bond motifs is 5. The Kier molecular flexibility index (Phi) is 6.20. The van der Waals surface area contributed by atoms with Crippen molar-refractivity contribution in [3.8, 4) is 11.3 Å². The van der Waals surface area contributed by atoms with Gasteiger partial charge >= 0.3 is 6.09 Å². The number of benzene rings is 1. The molecule has 1 saturated heterocycles. The highest BCUT2D eigenvalue weighted by atomic mass is 19.1. The van der Waals surface area contributed by atoms with E-state index in [-0.39, 0.29) is 34.6 Å². The zero-order valence-electron chi connectivity index (χ0n) is 23.7. The van der Waals surface area contributed by atoms with E-state index in [1.165, 1.54) is 18.2 Å². The third kappa shape index (κ3) is 4.08. The first-order valence-corrected chi connectivity index (χ1v) is 14.1. The molecule has 3 aromatic rings. The summed E-state index contributed by atoms with van der Waals surface area (Å²) in [6.07, 6.45) is 4.86. The van der Waals surface area contributed by atoms with Crippen LogP contribution in [0, 0.1) is 17.0 Å². The predicted molar refractivity (Wildman–Crippen MR) is 146 cm³/mol. The van der Waals surface area contributed by atoms with Crippen LogP contribution in [-0.2, 0) is 10.2 Å². The number of rotatable bonds is 3. The monoisotopic (exact) mass is 547 g/mol. The molecule has 3 heterocycles. The van der Waals surface area contributed by atoms with Gasteiger partial charge in [0.1, 0.15) is 23.1 Å². The van der Waals surface area contributed by atoms with Crippen molar-refractivity contribution in [2.75, 3.05) is 13.1 Å². The van der Waals surface area contributed by atoms with Crippen molar-refractivity contribution in [3.05, 3.63) is 70.9 Å². The second-order valence-electron chi connectivity index (χ2n) is 12.9. The van der Waals surface area contributed by atoms with E-state index in [0.29, 0.717) is 13.1 Å². The van der Waals surface area contributed by atoms with Gasteiger partial charge in [-0.3, -0.25) is 0 Å². The molecule has 1 aromatic carbocycles. The molecular weight excluding hydrogens is 512 g/mol. The standard InChI is InChI=1S/C31H35F2N5O2/c1-29(2,3)40-28(39)38-15-11-18(12-16-38)27-34-14-10-24(35-27)31-13-9-20(30(31,4)5)19-17-23(36-37-26(19)31)25-21(32)7-6-8-22(25)33/h6-8,10,14,17-18,20H,9,11-13,15-16H2,1-5H3/t20-,31-/m0/s1. The molecule has 7 nitrogen and oxygen atoms in total. The molecule has 2 fully saturated rings. The van der Waals surface area contributed by atoms with Crippen LogP contribution >= 0.6 is 0 Å². The summed E-state index contributed by atoms with van der Waals surface area (Å²) < 4.78 is 34.7. The maximum Gasteiger partial charge on any atom is 0.410 e. The van der Waals surface area contributed by atoms with Gasteiger partial charge in [-0.05, 0) is 87.6 Å². The van der Waals surface area contributed by atoms with Crippen LogP contribution in [0.25, 0.3) is 11.3 Å². The van der Waals surface area contributed by atoms with Gasteiger partial charge in [-0.2, -0.15) is 5.10 Å². The summed E-state index contributed by atoms with van der Waals surface area (Å²) in [5, 5.41) is 8.98. The molecule has 0 unspecified atom stereocenters. The quantitative estimate of drug-likeness (QED) is 0.371. The first kappa shape index (κ1) is 26.7. The minimum atomic E-state index is -0.649. The van der Waals surface area contributed by atoms with Crippen LogP contribution in [0.15, 0.2) is 36.5 Å². The number of ether oxygens (including phenoxy) is 1. The number of likely N-dealkylation sites (tertiary alicyclic amines) is 1. The highest BCUT2D eigenvalue weighted by Crippen LogP contribution is 2.69. The summed E-state index contributed by atoms with van der Waals surface area (Å²) in [4.78, 5) is 24.1. The second-order valence-corrected chi connectivity index (χ2v) is 12.9. The molecule has 0 radical (unpaired) electrons. The fourth-order valence-electron chi connectivity index (χ4n) is 7.21. The fraction of sp³-hybridized carbons (Fsp3) is 0.516. The molecule has 0 spiro atoms. The SMILES string of the molecule is CC(C)(C)OC(=O)N1CCC(c2nccc([C@@]34CC[C@@H](c5cc(-c6c(F)cccc6F)nnc53)C4(C)C)n2)CC1. The molecular formula is C31H35F2N5O2. The van der Waals surface area contributed by atoms with Crippen LogP contribution in [-0.4, -0.2) is 49.8 Å². The number of carbonyl (C=O) groups excluding carboxylic acids is 1. The maximum absolute atomic E-state index is 14.6. The number of halogens is 2. The van der Waals surface area contributed by atoms with E-state index in [0.717, 1.165) is 48.5 Å². The van der Waals surface area contributed by atoms with E-state index >= 15 is 0 Å². The third-order valence-corrected chi connectivity index (χ3v) is 9.22. The van der Waals surface area contributed by atoms with Gasteiger partial charge in [0.05, 0.1) is 28.1 Å². The van der Waals surface area contributed by atoms with E-state index in [1.807, 2.05) is 39.1 Å². The lowest BCUT2D eigenvalue weighted by Gasteiger charge is -2.38. The molecule has 2 aliphatic carbocycles. The lowest BCUT2D eigenvalue weighted by atomic mass is 9.66. The summed E-state index contributed by atoms with van der Waals surface area (Å²) in [6, 6.07) is 7.63. The molecule has 2 bridgehead atoms. The molecule has 210 valence electrons. The lowest BCUT2D eigenvalue weighted by Crippen LogP contribution is -2.41. The Morgan fingerprint density at radius 1 is 1.05 bits per heavy atom. The Morgan fingerprint density at radius 2 is 1.75 bits per heavy atom. The van der Waals surface area contributed by atoms with E-state index in [2.05, 4.69) is 29.0 Å². The number of hydrogen-bond acceptors (Lipinski definition) is 6. The molecule has 40 heavy (non-hydrogen) atoms. The summed E-state index contributed by atoms with van der Waals surface area (Å²) in [7, 11) is 0. The topological polar surface area (TPSA) is 81.1 Å². The zero-order valence-corrected chi connectivity index (χ0v) is 23.7. The van der Waals surface area contributed by atoms with E-state index < -0.39 is 22.7 Å². The van der Waals surface area contributed by atoms with Gasteiger partial charge < -0.3 is 9.64 Å². The first-order valence-electron chi connectivity index (χ1n) is 14.1. The van der Waals surface area contributed by atoms with E-state index in [1.54, 1.807) is 4.90 Å². The third-order valence-electron chi connectivity index (χ3n) is 9.22. The Labute approximate surface area is 233 Å². The smallest absolute Gasteiger partial charge is 0.410 e. The molecule has 2 atom stereocenters. The zero-order chi connectivity index (χ0) is 28.4. The number of aromatic nitrogens is 4. The van der Waals surface area contributed by atoms with Crippen LogP contribution in [0.3, 0.4) is 0 Å². The van der Waals surface area contributed by atoms with Crippen LogP contribution in [0.2, 0.25) is 0 Å².